The zero-order chi connectivity index (χ0) is 18.2. The minimum Gasteiger partial charge on any atom is -0.478 e. The normalized spacial score (nSPS) is 24.2. The van der Waals surface area contributed by atoms with Crippen LogP contribution < -0.4 is 4.74 Å². The fourth-order valence-electron chi connectivity index (χ4n) is 3.87. The molecule has 1 atom stereocenters. The average molecular weight is 354 g/mol. The molecule has 1 fully saturated rings. The third-order valence-corrected chi connectivity index (χ3v) is 5.32. The number of hydrogen-bond donors (Lipinski definition) is 1. The standard InChI is InChI=1S/C19H21F3O3/c1-2-18(19(20,21)22)15(17(23)24)10-14-9-8-13(11-16(14)25-18)12-6-4-3-5-7-12/h8-12H,2-7H2,1H3,(H,23,24). The third kappa shape index (κ3) is 3.02. The van der Waals surface area contributed by atoms with Crippen molar-refractivity contribution in [3.63, 3.8) is 0 Å². The first kappa shape index (κ1) is 17.8. The number of alkyl halides is 3. The molecule has 6 heteroatoms. The van der Waals surface area contributed by atoms with E-state index in [0.717, 1.165) is 37.3 Å². The first-order valence-electron chi connectivity index (χ1n) is 8.63. The summed E-state index contributed by atoms with van der Waals surface area (Å²) in [7, 11) is 0. The van der Waals surface area contributed by atoms with Crippen LogP contribution in [0.15, 0.2) is 23.8 Å². The van der Waals surface area contributed by atoms with Gasteiger partial charge in [-0.3, -0.25) is 0 Å². The second-order valence-electron chi connectivity index (χ2n) is 6.78. The maximum absolute atomic E-state index is 13.7. The molecule has 3 rings (SSSR count). The first-order chi connectivity index (χ1) is 11.8. The number of carbonyl (C=O) groups is 1. The van der Waals surface area contributed by atoms with Gasteiger partial charge in [0.2, 0.25) is 5.60 Å². The topological polar surface area (TPSA) is 46.5 Å². The van der Waals surface area contributed by atoms with Crippen molar-refractivity contribution >= 4 is 12.0 Å². The number of ether oxygens (including phenoxy) is 1. The molecule has 0 saturated heterocycles. The van der Waals surface area contributed by atoms with E-state index >= 15 is 0 Å². The summed E-state index contributed by atoms with van der Waals surface area (Å²) in [6.45, 7) is 1.29. The van der Waals surface area contributed by atoms with Gasteiger partial charge in [0.1, 0.15) is 5.75 Å². The van der Waals surface area contributed by atoms with Crippen molar-refractivity contribution < 1.29 is 27.8 Å². The van der Waals surface area contributed by atoms with E-state index in [4.69, 9.17) is 4.74 Å². The largest absolute Gasteiger partial charge is 0.478 e. The number of carboxylic acid groups (broad SMARTS) is 1. The SMILES string of the molecule is CCC1(C(F)(F)F)Oc2cc(C3CCCCC3)ccc2C=C1C(=O)O. The lowest BCUT2D eigenvalue weighted by Crippen LogP contribution is -2.54. The highest BCUT2D eigenvalue weighted by atomic mass is 19.4. The predicted octanol–water partition coefficient (Wildman–Crippen LogP) is 5.31. The van der Waals surface area contributed by atoms with Crippen molar-refractivity contribution in [1.82, 2.24) is 0 Å². The van der Waals surface area contributed by atoms with Gasteiger partial charge in [-0.25, -0.2) is 4.79 Å². The van der Waals surface area contributed by atoms with Gasteiger partial charge in [0.05, 0.1) is 5.57 Å². The van der Waals surface area contributed by atoms with Crippen molar-refractivity contribution in [1.29, 1.82) is 0 Å². The molecular formula is C19H21F3O3. The second kappa shape index (κ2) is 6.39. The monoisotopic (exact) mass is 354 g/mol. The number of hydrogen-bond acceptors (Lipinski definition) is 2. The summed E-state index contributed by atoms with van der Waals surface area (Å²) in [6.07, 6.45) is 1.26. The van der Waals surface area contributed by atoms with Gasteiger partial charge in [0, 0.05) is 5.56 Å². The molecule has 1 saturated carbocycles. The van der Waals surface area contributed by atoms with Gasteiger partial charge in [-0.1, -0.05) is 38.3 Å². The Labute approximate surface area is 144 Å². The van der Waals surface area contributed by atoms with Crippen LogP contribution in [-0.2, 0) is 4.79 Å². The van der Waals surface area contributed by atoms with Crippen LogP contribution in [-0.4, -0.2) is 22.9 Å². The molecule has 0 radical (unpaired) electrons. The van der Waals surface area contributed by atoms with Gasteiger partial charge in [0.15, 0.2) is 0 Å². The van der Waals surface area contributed by atoms with Crippen LogP contribution in [0.2, 0.25) is 0 Å². The fourth-order valence-corrected chi connectivity index (χ4v) is 3.87. The Kier molecular flexibility index (Phi) is 4.56. The molecule has 0 amide bonds. The Balaban J connectivity index is 2.06. The molecule has 25 heavy (non-hydrogen) atoms. The number of aliphatic carboxylic acids is 1. The molecule has 1 aliphatic carbocycles. The molecule has 136 valence electrons. The molecule has 1 aromatic rings. The lowest BCUT2D eigenvalue weighted by atomic mass is 9.82. The molecule has 1 N–H and O–H groups in total. The van der Waals surface area contributed by atoms with E-state index in [1.165, 1.54) is 13.3 Å². The molecule has 0 aromatic heterocycles. The molecule has 0 bridgehead atoms. The summed E-state index contributed by atoms with van der Waals surface area (Å²) in [5, 5.41) is 9.30. The maximum atomic E-state index is 13.7. The summed E-state index contributed by atoms with van der Waals surface area (Å²) in [6, 6.07) is 5.20. The van der Waals surface area contributed by atoms with Crippen molar-refractivity contribution in [2.45, 2.75) is 63.1 Å². The van der Waals surface area contributed by atoms with E-state index in [0.29, 0.717) is 11.5 Å². The van der Waals surface area contributed by atoms with Crippen molar-refractivity contribution in [2.24, 2.45) is 0 Å². The molecule has 1 unspecified atom stereocenters. The number of benzene rings is 1. The van der Waals surface area contributed by atoms with Crippen LogP contribution >= 0.6 is 0 Å². The molecule has 1 heterocycles. The summed E-state index contributed by atoms with van der Waals surface area (Å²) in [5.74, 6) is -1.16. The van der Waals surface area contributed by atoms with E-state index in [-0.39, 0.29) is 5.75 Å². The smallest absolute Gasteiger partial charge is 0.432 e. The summed E-state index contributed by atoms with van der Waals surface area (Å²) >= 11 is 0. The number of halogens is 3. The van der Waals surface area contributed by atoms with Gasteiger partial charge in [0.25, 0.3) is 0 Å². The first-order valence-corrected chi connectivity index (χ1v) is 8.63. The van der Waals surface area contributed by atoms with Crippen LogP contribution in [0.25, 0.3) is 6.08 Å². The number of rotatable bonds is 3. The van der Waals surface area contributed by atoms with Crippen LogP contribution in [0, 0.1) is 0 Å². The Morgan fingerprint density at radius 2 is 1.96 bits per heavy atom. The molecular weight excluding hydrogens is 333 g/mol. The van der Waals surface area contributed by atoms with E-state index < -0.39 is 29.7 Å². The van der Waals surface area contributed by atoms with Crippen molar-refractivity contribution in [3.8, 4) is 5.75 Å². The van der Waals surface area contributed by atoms with Gasteiger partial charge < -0.3 is 9.84 Å². The number of carboxylic acids is 1. The molecule has 1 aliphatic heterocycles. The van der Waals surface area contributed by atoms with Gasteiger partial charge in [-0.2, -0.15) is 13.2 Å². The molecule has 0 spiro atoms. The highest BCUT2D eigenvalue weighted by molar-refractivity contribution is 5.96. The van der Waals surface area contributed by atoms with E-state index in [9.17, 15) is 23.1 Å². The van der Waals surface area contributed by atoms with Crippen molar-refractivity contribution in [2.75, 3.05) is 0 Å². The minimum atomic E-state index is -4.81. The zero-order valence-electron chi connectivity index (χ0n) is 14.0. The fraction of sp³-hybridized carbons (Fsp3) is 0.526. The van der Waals surface area contributed by atoms with Crippen molar-refractivity contribution in [3.05, 3.63) is 34.9 Å². The third-order valence-electron chi connectivity index (χ3n) is 5.32. The molecule has 2 aliphatic rings. The Morgan fingerprint density at radius 1 is 1.28 bits per heavy atom. The summed E-state index contributed by atoms with van der Waals surface area (Å²) in [5.41, 5.74) is -2.22. The molecule has 3 nitrogen and oxygen atoms in total. The predicted molar refractivity (Wildman–Crippen MR) is 87.6 cm³/mol. The lowest BCUT2D eigenvalue weighted by molar-refractivity contribution is -0.236. The van der Waals surface area contributed by atoms with E-state index in [1.54, 1.807) is 12.1 Å². The minimum absolute atomic E-state index is 0.118. The maximum Gasteiger partial charge on any atom is 0.432 e. The van der Waals surface area contributed by atoms with E-state index in [1.807, 2.05) is 6.07 Å². The average Bonchev–Trinajstić information content (AvgIpc) is 2.59. The van der Waals surface area contributed by atoms with Gasteiger partial charge >= 0.3 is 12.1 Å². The number of fused-ring (bicyclic) bond motifs is 1. The quantitative estimate of drug-likeness (QED) is 0.800. The Bertz CT molecular complexity index is 702. The molecule has 1 aromatic carbocycles. The van der Waals surface area contributed by atoms with E-state index in [2.05, 4.69) is 0 Å². The Morgan fingerprint density at radius 3 is 2.52 bits per heavy atom. The second-order valence-corrected chi connectivity index (χ2v) is 6.78. The Hall–Kier alpha value is -1.98. The van der Waals surface area contributed by atoms with Gasteiger partial charge in [-0.05, 0) is 42.9 Å². The highest BCUT2D eigenvalue weighted by Crippen LogP contribution is 2.48. The van der Waals surface area contributed by atoms with Crippen LogP contribution in [0.5, 0.6) is 5.75 Å². The zero-order valence-corrected chi connectivity index (χ0v) is 14.0. The lowest BCUT2D eigenvalue weighted by Gasteiger charge is -2.39. The summed E-state index contributed by atoms with van der Waals surface area (Å²) < 4.78 is 46.5. The van der Waals surface area contributed by atoms with Crippen LogP contribution in [0.4, 0.5) is 13.2 Å². The van der Waals surface area contributed by atoms with Crippen LogP contribution in [0.3, 0.4) is 0 Å². The highest BCUT2D eigenvalue weighted by Gasteiger charge is 2.61. The summed E-state index contributed by atoms with van der Waals surface area (Å²) in [4.78, 5) is 11.5. The van der Waals surface area contributed by atoms with Crippen LogP contribution in [0.1, 0.15) is 62.5 Å². The van der Waals surface area contributed by atoms with Gasteiger partial charge in [-0.15, -0.1) is 0 Å².